The van der Waals surface area contributed by atoms with E-state index in [-0.39, 0.29) is 5.82 Å². The van der Waals surface area contributed by atoms with Crippen LogP contribution in [-0.4, -0.2) is 24.7 Å². The molecule has 0 radical (unpaired) electrons. The molecule has 8 heteroatoms. The van der Waals surface area contributed by atoms with Gasteiger partial charge in [0.15, 0.2) is 0 Å². The van der Waals surface area contributed by atoms with E-state index >= 15 is 0 Å². The van der Waals surface area contributed by atoms with Gasteiger partial charge in [-0.2, -0.15) is 0 Å². The molecule has 0 atom stereocenters. The van der Waals surface area contributed by atoms with E-state index in [2.05, 4.69) is 15.2 Å². The zero-order valence-electron chi connectivity index (χ0n) is 9.90. The summed E-state index contributed by atoms with van der Waals surface area (Å²) in [6.07, 6.45) is 5.52. The summed E-state index contributed by atoms with van der Waals surface area (Å²) in [5, 5.41) is 20.3. The van der Waals surface area contributed by atoms with E-state index in [4.69, 9.17) is 0 Å². The lowest BCUT2D eigenvalue weighted by molar-refractivity contribution is -0.391. The molecule has 0 aliphatic heterocycles. The second-order valence-corrected chi connectivity index (χ2v) is 4.61. The van der Waals surface area contributed by atoms with Crippen molar-refractivity contribution in [1.82, 2.24) is 19.7 Å². The molecule has 0 saturated carbocycles. The van der Waals surface area contributed by atoms with Gasteiger partial charge in [-0.25, -0.2) is 9.55 Å². The van der Waals surface area contributed by atoms with Crippen LogP contribution in [0.4, 0.5) is 5.82 Å². The van der Waals surface area contributed by atoms with Gasteiger partial charge in [-0.05, 0) is 17.4 Å². The standard InChI is InChI=1S/C10H11N5O2S/c1-3-8-12-13-9(18-8)5-4-7-11-6-10(14(7)2)15(16)17/h4-6H,3H2,1-2H3/b5-4+. The van der Waals surface area contributed by atoms with Crippen LogP contribution in [0.3, 0.4) is 0 Å². The molecule has 0 aliphatic rings. The lowest BCUT2D eigenvalue weighted by Crippen LogP contribution is -1.98. The van der Waals surface area contributed by atoms with Crippen molar-refractivity contribution in [2.24, 2.45) is 7.05 Å². The van der Waals surface area contributed by atoms with E-state index in [1.807, 2.05) is 6.92 Å². The van der Waals surface area contributed by atoms with Crippen LogP contribution < -0.4 is 0 Å². The van der Waals surface area contributed by atoms with Crippen molar-refractivity contribution in [3.63, 3.8) is 0 Å². The quantitative estimate of drug-likeness (QED) is 0.622. The van der Waals surface area contributed by atoms with E-state index in [0.29, 0.717) is 5.82 Å². The van der Waals surface area contributed by atoms with Crippen LogP contribution in [0.25, 0.3) is 12.2 Å². The summed E-state index contributed by atoms with van der Waals surface area (Å²) < 4.78 is 1.41. The molecule has 0 N–H and O–H groups in total. The van der Waals surface area contributed by atoms with Crippen molar-refractivity contribution in [2.75, 3.05) is 0 Å². The van der Waals surface area contributed by atoms with Gasteiger partial charge < -0.3 is 10.1 Å². The summed E-state index contributed by atoms with van der Waals surface area (Å²) in [7, 11) is 1.60. The summed E-state index contributed by atoms with van der Waals surface area (Å²) in [6, 6.07) is 0. The highest BCUT2D eigenvalue weighted by atomic mass is 32.1. The summed E-state index contributed by atoms with van der Waals surface area (Å²) in [6.45, 7) is 2.01. The van der Waals surface area contributed by atoms with Crippen molar-refractivity contribution < 1.29 is 4.92 Å². The molecule has 2 aromatic rings. The summed E-state index contributed by atoms with van der Waals surface area (Å²) >= 11 is 1.49. The van der Waals surface area contributed by atoms with Gasteiger partial charge in [0.05, 0.1) is 7.05 Å². The van der Waals surface area contributed by atoms with Gasteiger partial charge in [0.2, 0.25) is 5.82 Å². The van der Waals surface area contributed by atoms with Crippen molar-refractivity contribution in [2.45, 2.75) is 13.3 Å². The maximum atomic E-state index is 10.7. The predicted molar refractivity (Wildman–Crippen MR) is 68.1 cm³/mol. The van der Waals surface area contributed by atoms with Crippen molar-refractivity contribution >= 4 is 29.3 Å². The number of hydrogen-bond acceptors (Lipinski definition) is 6. The molecule has 0 bridgehead atoms. The predicted octanol–water partition coefficient (Wildman–Crippen LogP) is 1.91. The second-order valence-electron chi connectivity index (χ2n) is 3.51. The number of rotatable bonds is 4. The van der Waals surface area contributed by atoms with Crippen LogP contribution >= 0.6 is 11.3 Å². The van der Waals surface area contributed by atoms with Crippen LogP contribution in [0.5, 0.6) is 0 Å². The number of nitrogens with zero attached hydrogens (tertiary/aromatic N) is 5. The van der Waals surface area contributed by atoms with Crippen LogP contribution in [0.1, 0.15) is 22.8 Å². The Hall–Kier alpha value is -2.09. The topological polar surface area (TPSA) is 86.7 Å². The molecule has 0 unspecified atom stereocenters. The molecule has 2 aromatic heterocycles. The van der Waals surface area contributed by atoms with Gasteiger partial charge in [-0.15, -0.1) is 10.2 Å². The average Bonchev–Trinajstić information content (AvgIpc) is 2.93. The molecule has 94 valence electrons. The number of nitro groups is 1. The lowest BCUT2D eigenvalue weighted by atomic mass is 10.5. The average molecular weight is 265 g/mol. The van der Waals surface area contributed by atoms with E-state index in [1.54, 1.807) is 19.2 Å². The number of imidazole rings is 1. The molecular weight excluding hydrogens is 254 g/mol. The molecule has 0 saturated heterocycles. The third-order valence-electron chi connectivity index (χ3n) is 2.35. The molecular formula is C10H11N5O2S. The van der Waals surface area contributed by atoms with Gasteiger partial charge in [0.25, 0.3) is 0 Å². The highest BCUT2D eigenvalue weighted by Gasteiger charge is 2.14. The van der Waals surface area contributed by atoms with Gasteiger partial charge in [0.1, 0.15) is 16.2 Å². The first-order valence-electron chi connectivity index (χ1n) is 5.28. The monoisotopic (exact) mass is 265 g/mol. The first kappa shape index (κ1) is 12.4. The minimum atomic E-state index is -0.468. The maximum Gasteiger partial charge on any atom is 0.342 e. The van der Waals surface area contributed by atoms with Crippen molar-refractivity contribution in [1.29, 1.82) is 0 Å². The van der Waals surface area contributed by atoms with Gasteiger partial charge in [-0.1, -0.05) is 18.3 Å². The zero-order valence-corrected chi connectivity index (χ0v) is 10.7. The summed E-state index contributed by atoms with van der Waals surface area (Å²) in [5.74, 6) is 0.469. The fraction of sp³-hybridized carbons (Fsp3) is 0.300. The number of hydrogen-bond donors (Lipinski definition) is 0. The molecule has 0 spiro atoms. The Balaban J connectivity index is 2.21. The van der Waals surface area contributed by atoms with Crippen LogP contribution in [-0.2, 0) is 13.5 Å². The van der Waals surface area contributed by atoms with E-state index in [1.165, 1.54) is 22.1 Å². The number of aryl methyl sites for hydroxylation is 1. The van der Waals surface area contributed by atoms with E-state index in [9.17, 15) is 10.1 Å². The summed E-state index contributed by atoms with van der Waals surface area (Å²) in [5.41, 5.74) is 0. The Morgan fingerprint density at radius 2 is 2.28 bits per heavy atom. The van der Waals surface area contributed by atoms with Gasteiger partial charge in [0, 0.05) is 6.08 Å². The fourth-order valence-corrected chi connectivity index (χ4v) is 2.05. The molecule has 0 fully saturated rings. The van der Waals surface area contributed by atoms with Crippen molar-refractivity contribution in [3.8, 4) is 0 Å². The first-order valence-corrected chi connectivity index (χ1v) is 6.10. The van der Waals surface area contributed by atoms with E-state index < -0.39 is 4.92 Å². The molecule has 0 aliphatic carbocycles. The Bertz CT molecular complexity index is 601. The minimum absolute atomic E-state index is 0.0406. The normalized spacial score (nSPS) is 11.2. The number of aromatic nitrogens is 4. The van der Waals surface area contributed by atoms with Crippen molar-refractivity contribution in [3.05, 3.63) is 32.2 Å². The van der Waals surface area contributed by atoms with Crippen LogP contribution in [0, 0.1) is 10.1 Å². The molecule has 0 aromatic carbocycles. The highest BCUT2D eigenvalue weighted by Crippen LogP contribution is 2.16. The smallest absolute Gasteiger partial charge is 0.342 e. The first-order chi connectivity index (χ1) is 8.61. The van der Waals surface area contributed by atoms with Crippen LogP contribution in [0.2, 0.25) is 0 Å². The third-order valence-corrected chi connectivity index (χ3v) is 3.38. The Kier molecular flexibility index (Phi) is 3.47. The lowest BCUT2D eigenvalue weighted by Gasteiger charge is -1.93. The largest absolute Gasteiger partial charge is 0.358 e. The van der Waals surface area contributed by atoms with E-state index in [0.717, 1.165) is 16.4 Å². The Labute approximate surface area is 107 Å². The van der Waals surface area contributed by atoms with Gasteiger partial charge in [-0.3, -0.25) is 0 Å². The third kappa shape index (κ3) is 2.43. The van der Waals surface area contributed by atoms with Gasteiger partial charge >= 0.3 is 5.82 Å². The molecule has 0 amide bonds. The Morgan fingerprint density at radius 1 is 1.50 bits per heavy atom. The minimum Gasteiger partial charge on any atom is -0.358 e. The molecule has 7 nitrogen and oxygen atoms in total. The van der Waals surface area contributed by atoms with Crippen LogP contribution in [0.15, 0.2) is 6.20 Å². The molecule has 2 heterocycles. The summed E-state index contributed by atoms with van der Waals surface area (Å²) in [4.78, 5) is 14.2. The molecule has 2 rings (SSSR count). The molecule has 18 heavy (non-hydrogen) atoms. The zero-order chi connectivity index (χ0) is 13.1. The SMILES string of the molecule is CCc1nnc(/C=C/c2ncc([N+](=O)[O-])n2C)s1. The fourth-order valence-electron chi connectivity index (χ4n) is 1.36. The second kappa shape index (κ2) is 5.05. The Morgan fingerprint density at radius 3 is 2.83 bits per heavy atom. The maximum absolute atomic E-state index is 10.7. The highest BCUT2D eigenvalue weighted by molar-refractivity contribution is 7.12.